The number of nitrogens with zero attached hydrogens (tertiary/aromatic N) is 2. The maximum Gasteiger partial charge on any atom is 0.107 e. The summed E-state index contributed by atoms with van der Waals surface area (Å²) in [6.45, 7) is 5.35. The van der Waals surface area contributed by atoms with Gasteiger partial charge in [0.05, 0.1) is 24.8 Å². The molecule has 0 unspecified atom stereocenters. The van der Waals surface area contributed by atoms with E-state index >= 15 is 0 Å². The van der Waals surface area contributed by atoms with Crippen LogP contribution >= 0.6 is 11.3 Å². The minimum atomic E-state index is 0.962. The first-order valence-corrected chi connectivity index (χ1v) is 6.70. The maximum absolute atomic E-state index is 5.07. The van der Waals surface area contributed by atoms with Crippen LogP contribution in [0.2, 0.25) is 0 Å². The number of furan rings is 1. The number of thiazole rings is 1. The third kappa shape index (κ3) is 2.57. The normalized spacial score (nSPS) is 17.4. The Morgan fingerprint density at radius 1 is 1.41 bits per heavy atom. The van der Waals surface area contributed by atoms with Crippen LogP contribution in [0.15, 0.2) is 28.4 Å². The summed E-state index contributed by atoms with van der Waals surface area (Å²) in [5.41, 5.74) is 2.08. The largest absolute Gasteiger partial charge is 0.472 e. The zero-order chi connectivity index (χ0) is 11.5. The van der Waals surface area contributed by atoms with E-state index < -0.39 is 0 Å². The summed E-state index contributed by atoms with van der Waals surface area (Å²) in [5.74, 6) is 0. The molecule has 0 amide bonds. The number of aromatic nitrogens is 1. The van der Waals surface area contributed by atoms with Crippen molar-refractivity contribution in [1.82, 2.24) is 15.2 Å². The van der Waals surface area contributed by atoms with Gasteiger partial charge < -0.3 is 9.73 Å². The van der Waals surface area contributed by atoms with Crippen molar-refractivity contribution < 1.29 is 4.42 Å². The van der Waals surface area contributed by atoms with Gasteiger partial charge in [0.1, 0.15) is 5.01 Å². The lowest BCUT2D eigenvalue weighted by atomic mass is 10.3. The zero-order valence-electron chi connectivity index (χ0n) is 9.56. The van der Waals surface area contributed by atoms with Crippen LogP contribution in [-0.2, 0) is 6.54 Å². The van der Waals surface area contributed by atoms with Crippen LogP contribution in [0.4, 0.5) is 0 Å². The van der Waals surface area contributed by atoms with Crippen molar-refractivity contribution in [3.8, 4) is 11.3 Å². The summed E-state index contributed by atoms with van der Waals surface area (Å²) in [7, 11) is 0. The van der Waals surface area contributed by atoms with Crippen LogP contribution < -0.4 is 5.32 Å². The van der Waals surface area contributed by atoms with E-state index in [9.17, 15) is 0 Å². The van der Waals surface area contributed by atoms with Gasteiger partial charge in [-0.1, -0.05) is 0 Å². The van der Waals surface area contributed by atoms with E-state index in [1.165, 1.54) is 5.01 Å². The van der Waals surface area contributed by atoms with Gasteiger partial charge in [-0.25, -0.2) is 4.98 Å². The third-order valence-electron chi connectivity index (χ3n) is 2.94. The van der Waals surface area contributed by atoms with Crippen molar-refractivity contribution in [3.63, 3.8) is 0 Å². The van der Waals surface area contributed by atoms with E-state index in [0.717, 1.165) is 44.0 Å². The molecule has 1 aliphatic rings. The van der Waals surface area contributed by atoms with Crippen LogP contribution in [0.25, 0.3) is 11.3 Å². The van der Waals surface area contributed by atoms with Gasteiger partial charge in [0.2, 0.25) is 0 Å². The summed E-state index contributed by atoms with van der Waals surface area (Å²) >= 11 is 1.73. The van der Waals surface area contributed by atoms with E-state index in [1.54, 1.807) is 23.9 Å². The molecule has 3 heterocycles. The van der Waals surface area contributed by atoms with Gasteiger partial charge in [-0.2, -0.15) is 0 Å². The fourth-order valence-corrected chi connectivity index (χ4v) is 2.83. The third-order valence-corrected chi connectivity index (χ3v) is 3.77. The molecular weight excluding hydrogens is 234 g/mol. The molecule has 1 N–H and O–H groups in total. The summed E-state index contributed by atoms with van der Waals surface area (Å²) < 4.78 is 5.07. The summed E-state index contributed by atoms with van der Waals surface area (Å²) in [6, 6.07) is 1.95. The predicted molar refractivity (Wildman–Crippen MR) is 68.0 cm³/mol. The summed E-state index contributed by atoms with van der Waals surface area (Å²) in [4.78, 5) is 7.08. The molecule has 1 aliphatic heterocycles. The molecule has 90 valence electrons. The Morgan fingerprint density at radius 3 is 3.06 bits per heavy atom. The second kappa shape index (κ2) is 5.00. The van der Waals surface area contributed by atoms with Crippen LogP contribution in [-0.4, -0.2) is 36.1 Å². The van der Waals surface area contributed by atoms with Crippen LogP contribution in [0.1, 0.15) is 5.01 Å². The van der Waals surface area contributed by atoms with Gasteiger partial charge in [-0.3, -0.25) is 4.90 Å². The van der Waals surface area contributed by atoms with E-state index in [4.69, 9.17) is 4.42 Å². The maximum atomic E-state index is 5.07. The van der Waals surface area contributed by atoms with Gasteiger partial charge in [-0.05, 0) is 6.07 Å². The summed E-state index contributed by atoms with van der Waals surface area (Å²) in [5, 5.41) is 6.64. The Kier molecular flexibility index (Phi) is 3.22. The topological polar surface area (TPSA) is 41.3 Å². The summed E-state index contributed by atoms with van der Waals surface area (Å²) in [6.07, 6.45) is 3.42. The minimum absolute atomic E-state index is 0.962. The van der Waals surface area contributed by atoms with Gasteiger partial charge in [0.15, 0.2) is 0 Å². The van der Waals surface area contributed by atoms with E-state index in [-0.39, 0.29) is 0 Å². The van der Waals surface area contributed by atoms with Crippen LogP contribution in [0.5, 0.6) is 0 Å². The lowest BCUT2D eigenvalue weighted by Gasteiger charge is -2.26. The molecule has 2 aromatic heterocycles. The minimum Gasteiger partial charge on any atom is -0.472 e. The number of hydrogen-bond donors (Lipinski definition) is 1. The first kappa shape index (κ1) is 11.0. The molecule has 1 saturated heterocycles. The van der Waals surface area contributed by atoms with Crippen molar-refractivity contribution in [2.75, 3.05) is 26.2 Å². The Bertz CT molecular complexity index is 460. The Hall–Kier alpha value is -1.17. The molecule has 5 heteroatoms. The fraction of sp³-hybridized carbons (Fsp3) is 0.417. The highest BCUT2D eigenvalue weighted by Gasteiger charge is 2.12. The SMILES string of the molecule is c1cc(-c2csc(CN3CCNCC3)n2)co1. The van der Waals surface area contributed by atoms with E-state index in [2.05, 4.69) is 20.6 Å². The number of piperazine rings is 1. The number of rotatable bonds is 3. The quantitative estimate of drug-likeness (QED) is 0.900. The van der Waals surface area contributed by atoms with Crippen LogP contribution in [0, 0.1) is 0 Å². The standard InChI is InChI=1S/C12H15N3OS/c1-6-16-8-10(1)11-9-17-12(14-11)7-15-4-2-13-3-5-15/h1,6,8-9,13H,2-5,7H2. The molecule has 0 radical (unpaired) electrons. The number of hydrogen-bond acceptors (Lipinski definition) is 5. The average molecular weight is 249 g/mol. The molecule has 0 aromatic carbocycles. The van der Waals surface area contributed by atoms with Crippen molar-refractivity contribution in [2.24, 2.45) is 0 Å². The van der Waals surface area contributed by atoms with Gasteiger partial charge >= 0.3 is 0 Å². The molecule has 0 bridgehead atoms. The van der Waals surface area contributed by atoms with Gasteiger partial charge in [0.25, 0.3) is 0 Å². The van der Waals surface area contributed by atoms with Gasteiger partial charge in [0, 0.05) is 37.1 Å². The Morgan fingerprint density at radius 2 is 2.29 bits per heavy atom. The molecule has 0 spiro atoms. The zero-order valence-corrected chi connectivity index (χ0v) is 10.4. The molecule has 3 rings (SSSR count). The molecule has 2 aromatic rings. The smallest absolute Gasteiger partial charge is 0.107 e. The highest BCUT2D eigenvalue weighted by atomic mass is 32.1. The van der Waals surface area contributed by atoms with Crippen molar-refractivity contribution in [3.05, 3.63) is 29.0 Å². The lowest BCUT2D eigenvalue weighted by molar-refractivity contribution is 0.233. The molecule has 4 nitrogen and oxygen atoms in total. The lowest BCUT2D eigenvalue weighted by Crippen LogP contribution is -2.42. The molecule has 0 aliphatic carbocycles. The molecule has 0 saturated carbocycles. The monoisotopic (exact) mass is 249 g/mol. The second-order valence-electron chi connectivity index (χ2n) is 4.16. The first-order chi connectivity index (χ1) is 8.42. The Labute approximate surface area is 104 Å². The second-order valence-corrected chi connectivity index (χ2v) is 5.11. The van der Waals surface area contributed by atoms with E-state index in [0.29, 0.717) is 0 Å². The highest BCUT2D eigenvalue weighted by molar-refractivity contribution is 7.09. The predicted octanol–water partition coefficient (Wildman–Crippen LogP) is 1.81. The van der Waals surface area contributed by atoms with Crippen molar-refractivity contribution in [1.29, 1.82) is 0 Å². The molecule has 17 heavy (non-hydrogen) atoms. The molecular formula is C12H15N3OS. The first-order valence-electron chi connectivity index (χ1n) is 5.82. The number of nitrogens with one attached hydrogen (secondary N) is 1. The fourth-order valence-electron chi connectivity index (χ4n) is 1.99. The van der Waals surface area contributed by atoms with Crippen LogP contribution in [0.3, 0.4) is 0 Å². The Balaban J connectivity index is 1.68. The van der Waals surface area contributed by atoms with E-state index in [1.807, 2.05) is 6.07 Å². The van der Waals surface area contributed by atoms with Crippen molar-refractivity contribution in [2.45, 2.75) is 6.54 Å². The molecule has 1 fully saturated rings. The van der Waals surface area contributed by atoms with Gasteiger partial charge in [-0.15, -0.1) is 11.3 Å². The van der Waals surface area contributed by atoms with Crippen molar-refractivity contribution >= 4 is 11.3 Å². The average Bonchev–Trinajstić information content (AvgIpc) is 3.00. The highest BCUT2D eigenvalue weighted by Crippen LogP contribution is 2.22. The molecule has 0 atom stereocenters.